The van der Waals surface area contributed by atoms with E-state index >= 15 is 0 Å². The summed E-state index contributed by atoms with van der Waals surface area (Å²) in [6.45, 7) is 5.10. The molecule has 0 radical (unpaired) electrons. The Morgan fingerprint density at radius 1 is 1.36 bits per heavy atom. The molecule has 2 heterocycles. The number of piperidine rings is 1. The smallest absolute Gasteiger partial charge is 0.237 e. The molecule has 0 aromatic heterocycles. The van der Waals surface area contributed by atoms with E-state index < -0.39 is 0 Å². The summed E-state index contributed by atoms with van der Waals surface area (Å²) in [6, 6.07) is 6.25. The fourth-order valence-electron chi connectivity index (χ4n) is 3.65. The minimum atomic E-state index is -0.275. The molecule has 2 fully saturated rings. The van der Waals surface area contributed by atoms with Crippen LogP contribution in [0.1, 0.15) is 25.7 Å². The van der Waals surface area contributed by atoms with Gasteiger partial charge in [0, 0.05) is 25.7 Å². The lowest BCUT2D eigenvalue weighted by Gasteiger charge is -2.32. The Bertz CT molecular complexity index is 563. The predicted octanol–water partition coefficient (Wildman–Crippen LogP) is 1.78. The van der Waals surface area contributed by atoms with Crippen molar-refractivity contribution in [3.8, 4) is 5.75 Å². The Labute approximate surface area is 148 Å². The van der Waals surface area contributed by atoms with Crippen LogP contribution < -0.4 is 15.4 Å². The first-order valence-corrected chi connectivity index (χ1v) is 9.32. The topological polar surface area (TPSA) is 53.6 Å². The number of carbonyl (C=O) groups excluding carboxylic acids is 1. The summed E-state index contributed by atoms with van der Waals surface area (Å²) in [5.41, 5.74) is 0. The van der Waals surface area contributed by atoms with Crippen LogP contribution in [0, 0.1) is 11.7 Å². The highest BCUT2D eigenvalue weighted by atomic mass is 19.1. The van der Waals surface area contributed by atoms with Gasteiger partial charge in [-0.05, 0) is 56.8 Å². The molecule has 2 atom stereocenters. The first kappa shape index (κ1) is 18.1. The van der Waals surface area contributed by atoms with Gasteiger partial charge in [0.25, 0.3) is 0 Å². The molecule has 3 rings (SSSR count). The van der Waals surface area contributed by atoms with Gasteiger partial charge in [0.2, 0.25) is 5.91 Å². The number of benzene rings is 1. The first-order chi connectivity index (χ1) is 12.2. The minimum Gasteiger partial charge on any atom is -0.492 e. The van der Waals surface area contributed by atoms with Gasteiger partial charge in [-0.15, -0.1) is 0 Å². The zero-order valence-electron chi connectivity index (χ0n) is 14.7. The van der Waals surface area contributed by atoms with Crippen molar-refractivity contribution in [3.63, 3.8) is 0 Å². The van der Waals surface area contributed by atoms with E-state index in [1.807, 2.05) is 0 Å². The molecule has 0 saturated carbocycles. The predicted molar refractivity (Wildman–Crippen MR) is 95.1 cm³/mol. The fraction of sp³-hybridized carbons (Fsp3) is 0.632. The number of ether oxygens (including phenoxy) is 1. The average Bonchev–Trinajstić information content (AvgIpc) is 3.15. The molecule has 25 heavy (non-hydrogen) atoms. The van der Waals surface area contributed by atoms with Gasteiger partial charge in [0.05, 0.1) is 6.04 Å². The number of halogens is 1. The highest BCUT2D eigenvalue weighted by Crippen LogP contribution is 2.17. The van der Waals surface area contributed by atoms with Crippen LogP contribution in [0.25, 0.3) is 0 Å². The van der Waals surface area contributed by atoms with Crippen molar-refractivity contribution >= 4 is 5.91 Å². The molecule has 138 valence electrons. The molecule has 1 aromatic rings. The highest BCUT2D eigenvalue weighted by Gasteiger charge is 2.24. The van der Waals surface area contributed by atoms with Crippen LogP contribution in [0.2, 0.25) is 0 Å². The van der Waals surface area contributed by atoms with Gasteiger partial charge in [-0.1, -0.05) is 6.07 Å². The third-order valence-corrected chi connectivity index (χ3v) is 5.02. The lowest BCUT2D eigenvalue weighted by atomic mass is 9.98. The maximum Gasteiger partial charge on any atom is 0.237 e. The van der Waals surface area contributed by atoms with Crippen LogP contribution in [-0.4, -0.2) is 56.2 Å². The number of hydrogen-bond acceptors (Lipinski definition) is 4. The second-order valence-electron chi connectivity index (χ2n) is 7.01. The van der Waals surface area contributed by atoms with Crippen LogP contribution >= 0.6 is 0 Å². The molecule has 0 spiro atoms. The number of hydrogen-bond donors (Lipinski definition) is 2. The van der Waals surface area contributed by atoms with E-state index in [1.165, 1.54) is 12.1 Å². The van der Waals surface area contributed by atoms with Crippen molar-refractivity contribution < 1.29 is 13.9 Å². The van der Waals surface area contributed by atoms with Crippen LogP contribution in [-0.2, 0) is 4.79 Å². The number of nitrogens with one attached hydrogen (secondary N) is 2. The molecule has 1 amide bonds. The number of carbonyl (C=O) groups is 1. The zero-order chi connectivity index (χ0) is 17.5. The van der Waals surface area contributed by atoms with Crippen molar-refractivity contribution in [1.82, 2.24) is 15.5 Å². The van der Waals surface area contributed by atoms with Gasteiger partial charge >= 0.3 is 0 Å². The summed E-state index contributed by atoms with van der Waals surface area (Å²) in [7, 11) is 0. The zero-order valence-corrected chi connectivity index (χ0v) is 14.7. The van der Waals surface area contributed by atoms with Crippen LogP contribution in [0.3, 0.4) is 0 Å². The van der Waals surface area contributed by atoms with Gasteiger partial charge < -0.3 is 15.4 Å². The van der Waals surface area contributed by atoms with E-state index in [-0.39, 0.29) is 17.8 Å². The molecule has 6 heteroatoms. The molecule has 2 aliphatic rings. The van der Waals surface area contributed by atoms with Crippen molar-refractivity contribution in [3.05, 3.63) is 30.1 Å². The standard InChI is InChI=1S/C19H28FN3O2/c20-16-5-1-6-17(12-16)25-11-10-23-9-3-4-15(14-23)13-22-19(24)18-7-2-8-21-18/h1,5-6,12,15,18,21H,2-4,7-11,13-14H2,(H,22,24). The van der Waals surface area contributed by atoms with Crippen molar-refractivity contribution in [2.24, 2.45) is 5.92 Å². The van der Waals surface area contributed by atoms with Crippen LogP contribution in [0.5, 0.6) is 5.75 Å². The Balaban J connectivity index is 1.35. The maximum atomic E-state index is 13.1. The first-order valence-electron chi connectivity index (χ1n) is 9.32. The largest absolute Gasteiger partial charge is 0.492 e. The lowest BCUT2D eigenvalue weighted by Crippen LogP contribution is -2.46. The van der Waals surface area contributed by atoms with Crippen molar-refractivity contribution in [2.75, 3.05) is 39.3 Å². The van der Waals surface area contributed by atoms with Crippen LogP contribution in [0.15, 0.2) is 24.3 Å². The molecular weight excluding hydrogens is 321 g/mol. The van der Waals surface area contributed by atoms with E-state index in [2.05, 4.69) is 15.5 Å². The van der Waals surface area contributed by atoms with E-state index in [1.54, 1.807) is 12.1 Å². The summed E-state index contributed by atoms with van der Waals surface area (Å²) in [6.07, 6.45) is 4.32. The van der Waals surface area contributed by atoms with Gasteiger partial charge in [0.15, 0.2) is 0 Å². The number of rotatable bonds is 7. The van der Waals surface area contributed by atoms with Crippen molar-refractivity contribution in [2.45, 2.75) is 31.7 Å². The quantitative estimate of drug-likeness (QED) is 0.788. The molecule has 5 nitrogen and oxygen atoms in total. The van der Waals surface area contributed by atoms with E-state index in [9.17, 15) is 9.18 Å². The Morgan fingerprint density at radius 2 is 2.28 bits per heavy atom. The Kier molecular flexibility index (Phi) is 6.64. The van der Waals surface area contributed by atoms with Crippen LogP contribution in [0.4, 0.5) is 4.39 Å². The lowest BCUT2D eigenvalue weighted by molar-refractivity contribution is -0.123. The summed E-state index contributed by atoms with van der Waals surface area (Å²) >= 11 is 0. The summed E-state index contributed by atoms with van der Waals surface area (Å²) in [5, 5.41) is 6.34. The molecule has 2 saturated heterocycles. The third kappa shape index (κ3) is 5.68. The normalized spacial score (nSPS) is 24.2. The SMILES string of the molecule is O=C(NCC1CCCN(CCOc2cccc(F)c2)C1)C1CCCN1. The van der Waals surface area contributed by atoms with E-state index in [4.69, 9.17) is 4.74 Å². The van der Waals surface area contributed by atoms with Gasteiger partial charge in [-0.2, -0.15) is 0 Å². The summed E-state index contributed by atoms with van der Waals surface area (Å²) in [5.74, 6) is 0.935. The van der Waals surface area contributed by atoms with E-state index in [0.29, 0.717) is 18.3 Å². The second kappa shape index (κ2) is 9.15. The van der Waals surface area contributed by atoms with Gasteiger partial charge in [-0.3, -0.25) is 9.69 Å². The minimum absolute atomic E-state index is 0.000591. The molecular formula is C19H28FN3O2. The molecule has 2 N–H and O–H groups in total. The molecule has 0 aliphatic carbocycles. The second-order valence-corrected chi connectivity index (χ2v) is 7.01. The Morgan fingerprint density at radius 3 is 3.08 bits per heavy atom. The van der Waals surface area contributed by atoms with Gasteiger partial charge in [0.1, 0.15) is 18.2 Å². The average molecular weight is 349 g/mol. The number of amides is 1. The highest BCUT2D eigenvalue weighted by molar-refractivity contribution is 5.81. The molecule has 2 unspecified atom stereocenters. The third-order valence-electron chi connectivity index (χ3n) is 5.02. The Hall–Kier alpha value is -1.66. The maximum absolute atomic E-state index is 13.1. The molecule has 1 aromatic carbocycles. The summed E-state index contributed by atoms with van der Waals surface area (Å²) < 4.78 is 18.8. The number of nitrogens with zero attached hydrogens (tertiary/aromatic N) is 1. The van der Waals surface area contributed by atoms with Gasteiger partial charge in [-0.25, -0.2) is 4.39 Å². The fourth-order valence-corrected chi connectivity index (χ4v) is 3.65. The monoisotopic (exact) mass is 349 g/mol. The molecule has 2 aliphatic heterocycles. The van der Waals surface area contributed by atoms with Crippen molar-refractivity contribution in [1.29, 1.82) is 0 Å². The number of likely N-dealkylation sites (tertiary alicyclic amines) is 1. The van der Waals surface area contributed by atoms with E-state index in [0.717, 1.165) is 58.4 Å². The summed E-state index contributed by atoms with van der Waals surface area (Å²) in [4.78, 5) is 14.5. The molecule has 0 bridgehead atoms.